The first kappa shape index (κ1) is 9.95. The van der Waals surface area contributed by atoms with E-state index >= 15 is 0 Å². The highest BCUT2D eigenvalue weighted by molar-refractivity contribution is 5.79. The fourth-order valence-electron chi connectivity index (χ4n) is 0.479. The van der Waals surface area contributed by atoms with Crippen LogP contribution >= 0.6 is 0 Å². The third-order valence-electron chi connectivity index (χ3n) is 1.12. The number of carbonyl (C=O) groups excluding carboxylic acids is 1. The molecule has 0 aliphatic carbocycles. The maximum Gasteiger partial charge on any atom is 0.235 e. The van der Waals surface area contributed by atoms with Crippen molar-refractivity contribution in [3.63, 3.8) is 0 Å². The second kappa shape index (κ2) is 5.71. The SMILES string of the molecule is CC#CCNCC(N)C(N)=O. The molecule has 0 spiro atoms. The van der Waals surface area contributed by atoms with Gasteiger partial charge in [-0.1, -0.05) is 5.92 Å². The Hall–Kier alpha value is -1.05. The van der Waals surface area contributed by atoms with Gasteiger partial charge in [0.1, 0.15) is 0 Å². The fourth-order valence-corrected chi connectivity index (χ4v) is 0.479. The van der Waals surface area contributed by atoms with E-state index in [0.717, 1.165) is 0 Å². The van der Waals surface area contributed by atoms with Crippen LogP contribution in [0.1, 0.15) is 6.92 Å². The first-order valence-corrected chi connectivity index (χ1v) is 3.33. The normalized spacial score (nSPS) is 11.5. The molecule has 1 amide bonds. The summed E-state index contributed by atoms with van der Waals surface area (Å²) >= 11 is 0. The van der Waals surface area contributed by atoms with Gasteiger partial charge in [-0.25, -0.2) is 0 Å². The second-order valence-corrected chi connectivity index (χ2v) is 2.07. The zero-order valence-corrected chi connectivity index (χ0v) is 6.55. The topological polar surface area (TPSA) is 81.1 Å². The van der Waals surface area contributed by atoms with E-state index < -0.39 is 11.9 Å². The minimum absolute atomic E-state index is 0.379. The molecule has 1 atom stereocenters. The molecule has 0 radical (unpaired) electrons. The molecule has 0 fully saturated rings. The average molecular weight is 155 g/mol. The van der Waals surface area contributed by atoms with E-state index in [2.05, 4.69) is 17.2 Å². The van der Waals surface area contributed by atoms with Gasteiger partial charge in [-0.15, -0.1) is 5.92 Å². The first-order valence-electron chi connectivity index (χ1n) is 3.33. The molecule has 0 aromatic rings. The van der Waals surface area contributed by atoms with Crippen LogP contribution in [0.4, 0.5) is 0 Å². The van der Waals surface area contributed by atoms with Gasteiger partial charge < -0.3 is 16.8 Å². The molecular weight excluding hydrogens is 142 g/mol. The molecular formula is C7H13N3O. The molecule has 1 unspecified atom stereocenters. The van der Waals surface area contributed by atoms with Crippen molar-refractivity contribution >= 4 is 5.91 Å². The summed E-state index contributed by atoms with van der Waals surface area (Å²) in [6.45, 7) is 2.66. The molecule has 4 heteroatoms. The van der Waals surface area contributed by atoms with E-state index in [1.807, 2.05) is 0 Å². The molecule has 0 aliphatic rings. The lowest BCUT2D eigenvalue weighted by molar-refractivity contribution is -0.119. The Morgan fingerprint density at radius 3 is 2.82 bits per heavy atom. The van der Waals surface area contributed by atoms with Crippen molar-refractivity contribution in [2.24, 2.45) is 11.5 Å². The predicted octanol–water partition coefficient (Wildman–Crippen LogP) is -1.59. The maximum absolute atomic E-state index is 10.4. The number of amides is 1. The van der Waals surface area contributed by atoms with Gasteiger partial charge in [-0.3, -0.25) is 4.79 Å². The minimum Gasteiger partial charge on any atom is -0.368 e. The van der Waals surface area contributed by atoms with Crippen molar-refractivity contribution in [3.05, 3.63) is 0 Å². The summed E-state index contributed by atoms with van der Waals surface area (Å²) in [5, 5.41) is 2.87. The van der Waals surface area contributed by atoms with Gasteiger partial charge in [0.05, 0.1) is 12.6 Å². The minimum atomic E-state index is -0.617. The van der Waals surface area contributed by atoms with Gasteiger partial charge in [0.15, 0.2) is 0 Å². The van der Waals surface area contributed by atoms with Crippen molar-refractivity contribution in [2.75, 3.05) is 13.1 Å². The van der Waals surface area contributed by atoms with Crippen LogP contribution in [0.25, 0.3) is 0 Å². The summed E-state index contributed by atoms with van der Waals surface area (Å²) in [6.07, 6.45) is 0. The first-order chi connectivity index (χ1) is 5.18. The largest absolute Gasteiger partial charge is 0.368 e. The molecule has 0 rings (SSSR count). The Morgan fingerprint density at radius 1 is 1.73 bits per heavy atom. The van der Waals surface area contributed by atoms with E-state index in [0.29, 0.717) is 13.1 Å². The lowest BCUT2D eigenvalue weighted by Crippen LogP contribution is -2.44. The molecule has 4 nitrogen and oxygen atoms in total. The number of primary amides is 1. The molecule has 0 aliphatic heterocycles. The van der Waals surface area contributed by atoms with Crippen molar-refractivity contribution in [1.82, 2.24) is 5.32 Å². The number of carbonyl (C=O) groups is 1. The van der Waals surface area contributed by atoms with E-state index in [-0.39, 0.29) is 0 Å². The summed E-state index contributed by atoms with van der Waals surface area (Å²) in [5.74, 6) is 4.98. The highest BCUT2D eigenvalue weighted by Crippen LogP contribution is 1.71. The lowest BCUT2D eigenvalue weighted by Gasteiger charge is -2.05. The predicted molar refractivity (Wildman–Crippen MR) is 43.5 cm³/mol. The van der Waals surface area contributed by atoms with Crippen LogP contribution in [0.15, 0.2) is 0 Å². The number of hydrogen-bond donors (Lipinski definition) is 3. The molecule has 0 heterocycles. The molecule has 0 saturated carbocycles. The van der Waals surface area contributed by atoms with Crippen LogP contribution in [-0.4, -0.2) is 25.0 Å². The van der Waals surface area contributed by atoms with Crippen LogP contribution in [0, 0.1) is 11.8 Å². The third-order valence-corrected chi connectivity index (χ3v) is 1.12. The van der Waals surface area contributed by atoms with Crippen LogP contribution in [-0.2, 0) is 4.79 Å². The lowest BCUT2D eigenvalue weighted by atomic mass is 10.3. The molecule has 0 aromatic carbocycles. The van der Waals surface area contributed by atoms with E-state index in [4.69, 9.17) is 11.5 Å². The Morgan fingerprint density at radius 2 is 2.36 bits per heavy atom. The van der Waals surface area contributed by atoms with Gasteiger partial charge in [0.2, 0.25) is 5.91 Å². The van der Waals surface area contributed by atoms with E-state index in [1.165, 1.54) is 0 Å². The Labute approximate surface area is 66.3 Å². The summed E-state index contributed by atoms with van der Waals surface area (Å²) < 4.78 is 0. The molecule has 62 valence electrons. The Kier molecular flexibility index (Phi) is 5.17. The van der Waals surface area contributed by atoms with Crippen molar-refractivity contribution in [2.45, 2.75) is 13.0 Å². The monoisotopic (exact) mass is 155 g/mol. The summed E-state index contributed by atoms with van der Waals surface area (Å²) in [6, 6.07) is -0.617. The zero-order chi connectivity index (χ0) is 8.69. The van der Waals surface area contributed by atoms with Gasteiger partial charge in [0.25, 0.3) is 0 Å². The fraction of sp³-hybridized carbons (Fsp3) is 0.571. The maximum atomic E-state index is 10.4. The summed E-state index contributed by atoms with van der Waals surface area (Å²) in [5.41, 5.74) is 10.2. The van der Waals surface area contributed by atoms with Crippen molar-refractivity contribution in [3.8, 4) is 11.8 Å². The second-order valence-electron chi connectivity index (χ2n) is 2.07. The molecule has 0 bridgehead atoms. The summed E-state index contributed by atoms with van der Waals surface area (Å²) in [4.78, 5) is 10.4. The van der Waals surface area contributed by atoms with Crippen LogP contribution < -0.4 is 16.8 Å². The third kappa shape index (κ3) is 5.40. The molecule has 0 aromatic heterocycles. The summed E-state index contributed by atoms with van der Waals surface area (Å²) in [7, 11) is 0. The zero-order valence-electron chi connectivity index (χ0n) is 6.55. The van der Waals surface area contributed by atoms with Gasteiger partial charge in [-0.05, 0) is 6.92 Å². The van der Waals surface area contributed by atoms with Gasteiger partial charge in [-0.2, -0.15) is 0 Å². The Bertz CT molecular complexity index is 180. The van der Waals surface area contributed by atoms with Crippen LogP contribution in [0.3, 0.4) is 0 Å². The quantitative estimate of drug-likeness (QED) is 0.338. The standard InChI is InChI=1S/C7H13N3O/c1-2-3-4-10-5-6(8)7(9)11/h6,10H,4-5,8H2,1H3,(H2,9,11). The highest BCUT2D eigenvalue weighted by atomic mass is 16.1. The number of nitrogens with one attached hydrogen (secondary N) is 1. The number of nitrogens with two attached hydrogens (primary N) is 2. The van der Waals surface area contributed by atoms with Crippen molar-refractivity contribution < 1.29 is 4.79 Å². The van der Waals surface area contributed by atoms with E-state index in [1.54, 1.807) is 6.92 Å². The van der Waals surface area contributed by atoms with Crippen LogP contribution in [0.5, 0.6) is 0 Å². The average Bonchev–Trinajstić information content (AvgIpc) is 1.97. The van der Waals surface area contributed by atoms with Crippen molar-refractivity contribution in [1.29, 1.82) is 0 Å². The van der Waals surface area contributed by atoms with Gasteiger partial charge in [0, 0.05) is 6.54 Å². The molecule has 5 N–H and O–H groups in total. The van der Waals surface area contributed by atoms with Gasteiger partial charge >= 0.3 is 0 Å². The highest BCUT2D eigenvalue weighted by Gasteiger charge is 2.06. The number of rotatable bonds is 4. The van der Waals surface area contributed by atoms with E-state index in [9.17, 15) is 4.79 Å². The molecule has 11 heavy (non-hydrogen) atoms. The Balaban J connectivity index is 3.36. The molecule has 0 saturated heterocycles. The van der Waals surface area contributed by atoms with Crippen LogP contribution in [0.2, 0.25) is 0 Å². The number of hydrogen-bond acceptors (Lipinski definition) is 3. The smallest absolute Gasteiger partial charge is 0.235 e.